The zero-order chi connectivity index (χ0) is 11.4. The van der Waals surface area contributed by atoms with Crippen LogP contribution in [0.25, 0.3) is 0 Å². The Morgan fingerprint density at radius 1 is 1.38 bits per heavy atom. The lowest BCUT2D eigenvalue weighted by molar-refractivity contribution is 0.356. The second-order valence-corrected chi connectivity index (χ2v) is 4.20. The molecule has 16 heavy (non-hydrogen) atoms. The maximum atomic E-state index is 5.52. The summed E-state index contributed by atoms with van der Waals surface area (Å²) in [5.74, 6) is 1.06. The lowest BCUT2D eigenvalue weighted by Gasteiger charge is -2.17. The van der Waals surface area contributed by atoms with E-state index in [4.69, 9.17) is 4.74 Å². The fourth-order valence-corrected chi connectivity index (χ4v) is 2.19. The molecule has 1 atom stereocenters. The second kappa shape index (κ2) is 5.32. The predicted molar refractivity (Wildman–Crippen MR) is 66.0 cm³/mol. The van der Waals surface area contributed by atoms with Crippen molar-refractivity contribution in [2.45, 2.75) is 18.9 Å². The molecular weight excluding hydrogens is 200 g/mol. The average molecular weight is 220 g/mol. The van der Waals surface area contributed by atoms with Crippen LogP contribution in [0.5, 0.6) is 5.75 Å². The van der Waals surface area contributed by atoms with E-state index in [2.05, 4.69) is 28.8 Å². The van der Waals surface area contributed by atoms with Crippen molar-refractivity contribution in [1.29, 1.82) is 0 Å². The van der Waals surface area contributed by atoms with E-state index in [0.717, 1.165) is 31.7 Å². The van der Waals surface area contributed by atoms with Gasteiger partial charge in [0.15, 0.2) is 0 Å². The molecule has 3 heteroatoms. The van der Waals surface area contributed by atoms with Crippen LogP contribution in [-0.4, -0.2) is 27.2 Å². The number of rotatable bonds is 5. The molecule has 3 nitrogen and oxygen atoms in total. The lowest BCUT2D eigenvalue weighted by atomic mass is 10.0. The predicted octanol–water partition coefficient (Wildman–Crippen LogP) is 1.49. The summed E-state index contributed by atoms with van der Waals surface area (Å²) in [5, 5.41) is 6.55. The third-order valence-corrected chi connectivity index (χ3v) is 3.15. The Morgan fingerprint density at radius 3 is 3.00 bits per heavy atom. The van der Waals surface area contributed by atoms with Gasteiger partial charge >= 0.3 is 0 Å². The van der Waals surface area contributed by atoms with Crippen molar-refractivity contribution in [3.63, 3.8) is 0 Å². The Morgan fingerprint density at radius 2 is 2.25 bits per heavy atom. The molecule has 1 heterocycles. The van der Waals surface area contributed by atoms with Crippen LogP contribution in [0.3, 0.4) is 0 Å². The quantitative estimate of drug-likeness (QED) is 0.789. The van der Waals surface area contributed by atoms with Crippen molar-refractivity contribution in [3.05, 3.63) is 29.3 Å². The summed E-state index contributed by atoms with van der Waals surface area (Å²) in [6.07, 6.45) is 2.15. The van der Waals surface area contributed by atoms with Crippen LogP contribution in [0.2, 0.25) is 0 Å². The highest BCUT2D eigenvalue weighted by Crippen LogP contribution is 2.28. The summed E-state index contributed by atoms with van der Waals surface area (Å²) in [6.45, 7) is 1.86. The number of hydrogen-bond donors (Lipinski definition) is 2. The van der Waals surface area contributed by atoms with Crippen molar-refractivity contribution >= 4 is 0 Å². The number of ether oxygens (including phenoxy) is 1. The minimum absolute atomic E-state index is 0.429. The minimum Gasteiger partial charge on any atom is -0.493 e. The van der Waals surface area contributed by atoms with Gasteiger partial charge in [-0.05, 0) is 44.3 Å². The van der Waals surface area contributed by atoms with Gasteiger partial charge in [-0.3, -0.25) is 0 Å². The van der Waals surface area contributed by atoms with E-state index in [1.165, 1.54) is 11.1 Å². The van der Waals surface area contributed by atoms with Crippen molar-refractivity contribution in [3.8, 4) is 5.75 Å². The summed E-state index contributed by atoms with van der Waals surface area (Å²) in [7, 11) is 4.01. The molecule has 1 aliphatic rings. The first-order valence-electron chi connectivity index (χ1n) is 5.92. The van der Waals surface area contributed by atoms with Crippen molar-refractivity contribution in [2.75, 3.05) is 27.2 Å². The third kappa shape index (κ3) is 2.36. The maximum absolute atomic E-state index is 5.52. The minimum atomic E-state index is 0.429. The first-order chi connectivity index (χ1) is 7.85. The Labute approximate surface area is 97.2 Å². The van der Waals surface area contributed by atoms with Crippen LogP contribution in [0, 0.1) is 0 Å². The van der Waals surface area contributed by atoms with Gasteiger partial charge in [-0.1, -0.05) is 12.1 Å². The normalized spacial score (nSPS) is 15.6. The van der Waals surface area contributed by atoms with Gasteiger partial charge in [0, 0.05) is 12.5 Å². The van der Waals surface area contributed by atoms with Gasteiger partial charge in [0.05, 0.1) is 6.61 Å². The molecule has 1 aliphatic heterocycles. The van der Waals surface area contributed by atoms with Gasteiger partial charge in [-0.15, -0.1) is 0 Å². The Hall–Kier alpha value is -1.06. The zero-order valence-corrected chi connectivity index (χ0v) is 10.0. The topological polar surface area (TPSA) is 33.3 Å². The Bertz CT molecular complexity index is 352. The highest BCUT2D eigenvalue weighted by molar-refractivity contribution is 5.40. The molecule has 0 saturated heterocycles. The van der Waals surface area contributed by atoms with Crippen LogP contribution in [0.1, 0.15) is 23.6 Å². The molecule has 0 saturated carbocycles. The fourth-order valence-electron chi connectivity index (χ4n) is 2.19. The molecule has 1 unspecified atom stereocenters. The fraction of sp³-hybridized carbons (Fsp3) is 0.538. The first-order valence-corrected chi connectivity index (χ1v) is 5.92. The van der Waals surface area contributed by atoms with Gasteiger partial charge in [-0.2, -0.15) is 0 Å². The molecule has 2 rings (SSSR count). The first kappa shape index (κ1) is 11.4. The van der Waals surface area contributed by atoms with Gasteiger partial charge < -0.3 is 15.4 Å². The lowest BCUT2D eigenvalue weighted by Crippen LogP contribution is -2.21. The van der Waals surface area contributed by atoms with E-state index in [1.807, 2.05) is 14.1 Å². The van der Waals surface area contributed by atoms with Gasteiger partial charge in [-0.25, -0.2) is 0 Å². The van der Waals surface area contributed by atoms with E-state index in [-0.39, 0.29) is 0 Å². The zero-order valence-electron chi connectivity index (χ0n) is 10.0. The van der Waals surface area contributed by atoms with E-state index in [9.17, 15) is 0 Å². The van der Waals surface area contributed by atoms with E-state index >= 15 is 0 Å². The molecular formula is C13H20N2O. The monoisotopic (exact) mass is 220 g/mol. The summed E-state index contributed by atoms with van der Waals surface area (Å²) in [4.78, 5) is 0. The number of nitrogens with one attached hydrogen (secondary N) is 2. The molecule has 0 radical (unpaired) electrons. The molecule has 88 valence electrons. The smallest absolute Gasteiger partial charge is 0.122 e. The number of benzene rings is 1. The molecule has 0 fully saturated rings. The molecule has 0 spiro atoms. The maximum Gasteiger partial charge on any atom is 0.122 e. The highest BCUT2D eigenvalue weighted by Gasteiger charge is 2.15. The van der Waals surface area contributed by atoms with Gasteiger partial charge in [0.1, 0.15) is 5.75 Å². The standard InChI is InChI=1S/C13H20N2O/c1-14-7-5-12(15-2)10-3-4-13-11(9-10)6-8-16-13/h3-4,9,12,14-15H,5-8H2,1-2H3. The molecule has 0 aliphatic carbocycles. The van der Waals surface area contributed by atoms with Gasteiger partial charge in [0.25, 0.3) is 0 Å². The number of hydrogen-bond acceptors (Lipinski definition) is 3. The Balaban J connectivity index is 2.12. The largest absolute Gasteiger partial charge is 0.493 e. The molecule has 0 amide bonds. The number of fused-ring (bicyclic) bond motifs is 1. The van der Waals surface area contributed by atoms with Crippen LogP contribution in [-0.2, 0) is 6.42 Å². The van der Waals surface area contributed by atoms with Crippen LogP contribution < -0.4 is 15.4 Å². The van der Waals surface area contributed by atoms with E-state index < -0.39 is 0 Å². The van der Waals surface area contributed by atoms with Crippen LogP contribution >= 0.6 is 0 Å². The van der Waals surface area contributed by atoms with Crippen molar-refractivity contribution in [2.24, 2.45) is 0 Å². The summed E-state index contributed by atoms with van der Waals surface area (Å²) in [6, 6.07) is 6.97. The molecule has 0 aromatic heterocycles. The SMILES string of the molecule is CNCCC(NC)c1ccc2c(c1)CCO2. The van der Waals surface area contributed by atoms with Gasteiger partial charge in [0.2, 0.25) is 0 Å². The van der Waals surface area contributed by atoms with Crippen molar-refractivity contribution < 1.29 is 4.74 Å². The van der Waals surface area contributed by atoms with E-state index in [0.29, 0.717) is 6.04 Å². The van der Waals surface area contributed by atoms with Crippen molar-refractivity contribution in [1.82, 2.24) is 10.6 Å². The van der Waals surface area contributed by atoms with Crippen LogP contribution in [0.4, 0.5) is 0 Å². The highest BCUT2D eigenvalue weighted by atomic mass is 16.5. The summed E-state index contributed by atoms with van der Waals surface area (Å²) >= 11 is 0. The molecule has 1 aromatic rings. The Kier molecular flexibility index (Phi) is 3.80. The van der Waals surface area contributed by atoms with E-state index in [1.54, 1.807) is 0 Å². The summed E-state index contributed by atoms with van der Waals surface area (Å²) < 4.78 is 5.52. The third-order valence-electron chi connectivity index (χ3n) is 3.15. The van der Waals surface area contributed by atoms with Crippen LogP contribution in [0.15, 0.2) is 18.2 Å². The molecule has 2 N–H and O–H groups in total. The summed E-state index contributed by atoms with van der Waals surface area (Å²) in [5.41, 5.74) is 2.71. The average Bonchev–Trinajstić information content (AvgIpc) is 2.77. The molecule has 0 bridgehead atoms. The molecule has 1 aromatic carbocycles. The second-order valence-electron chi connectivity index (χ2n) is 4.20.